The van der Waals surface area contributed by atoms with E-state index in [0.29, 0.717) is 5.89 Å². The maximum Gasteiger partial charge on any atom is 0.275 e. The third-order valence-electron chi connectivity index (χ3n) is 6.30. The molecule has 3 N–H and O–H groups in total. The number of aromatic nitrogens is 3. The molecule has 1 aromatic carbocycles. The summed E-state index contributed by atoms with van der Waals surface area (Å²) in [7, 11) is -3.59. The number of rotatable bonds is 7. The van der Waals surface area contributed by atoms with Gasteiger partial charge >= 0.3 is 0 Å². The van der Waals surface area contributed by atoms with Gasteiger partial charge in [0.25, 0.3) is 5.91 Å². The smallest absolute Gasteiger partial charge is 0.275 e. The Hall–Kier alpha value is -3.59. The SMILES string of the molecule is C[C@]1(c2cc(NC(=O)c3cnc(OCc4ncco4)cn3)cc(F)c2F)N=C(N)S[C@@]2(S(C)(=O)=O)C[C@H]21. The number of ether oxygens (including phenoxy) is 1. The lowest BCUT2D eigenvalue weighted by Gasteiger charge is -2.33. The van der Waals surface area contributed by atoms with E-state index in [0.717, 1.165) is 30.3 Å². The molecule has 194 valence electrons. The molecule has 0 spiro atoms. The van der Waals surface area contributed by atoms with Crippen molar-refractivity contribution in [3.8, 4) is 5.88 Å². The molecule has 2 aliphatic rings. The molecule has 11 nitrogen and oxygen atoms in total. The molecule has 1 aliphatic carbocycles. The molecular weight excluding hydrogens is 530 g/mol. The van der Waals surface area contributed by atoms with Crippen LogP contribution in [0.2, 0.25) is 0 Å². The summed E-state index contributed by atoms with van der Waals surface area (Å²) in [5.74, 6) is -3.38. The number of nitrogens with two attached hydrogens (primary N) is 1. The third-order valence-corrected chi connectivity index (χ3v) is 10.3. The summed E-state index contributed by atoms with van der Waals surface area (Å²) >= 11 is 0.912. The van der Waals surface area contributed by atoms with Crippen molar-refractivity contribution in [3.05, 3.63) is 65.8 Å². The van der Waals surface area contributed by atoms with Crippen LogP contribution in [0.25, 0.3) is 0 Å². The number of benzene rings is 1. The Labute approximate surface area is 213 Å². The maximum absolute atomic E-state index is 15.0. The third kappa shape index (κ3) is 4.41. The molecule has 1 amide bonds. The highest BCUT2D eigenvalue weighted by Crippen LogP contribution is 2.68. The fraction of sp³-hybridized carbons (Fsp3) is 0.318. The topological polar surface area (TPSA) is 163 Å². The number of amidine groups is 1. The molecule has 0 bridgehead atoms. The lowest BCUT2D eigenvalue weighted by Crippen LogP contribution is -2.39. The van der Waals surface area contributed by atoms with Crippen molar-refractivity contribution in [2.45, 2.75) is 29.6 Å². The van der Waals surface area contributed by atoms with E-state index in [9.17, 15) is 17.6 Å². The van der Waals surface area contributed by atoms with E-state index in [1.54, 1.807) is 0 Å². The predicted molar refractivity (Wildman–Crippen MR) is 129 cm³/mol. The van der Waals surface area contributed by atoms with E-state index in [2.05, 4.69) is 25.3 Å². The number of aliphatic imine (C=N–C) groups is 1. The molecular formula is C22H20F2N6O5S2. The lowest BCUT2D eigenvalue weighted by molar-refractivity contribution is 0.102. The van der Waals surface area contributed by atoms with Gasteiger partial charge in [0, 0.05) is 29.5 Å². The maximum atomic E-state index is 15.0. The first-order valence-electron chi connectivity index (χ1n) is 10.8. The summed E-state index contributed by atoms with van der Waals surface area (Å²) in [4.78, 5) is 28.9. The number of sulfone groups is 1. The number of thioether (sulfide) groups is 1. The van der Waals surface area contributed by atoms with Gasteiger partial charge in [0.05, 0.1) is 24.1 Å². The quantitative estimate of drug-likeness (QED) is 0.447. The van der Waals surface area contributed by atoms with Crippen LogP contribution >= 0.6 is 11.8 Å². The lowest BCUT2D eigenvalue weighted by atomic mass is 9.86. The van der Waals surface area contributed by atoms with Gasteiger partial charge in [-0.05, 0) is 19.4 Å². The first kappa shape index (κ1) is 25.1. The molecule has 2 aromatic heterocycles. The number of halogens is 2. The largest absolute Gasteiger partial charge is 0.467 e. The Morgan fingerprint density at radius 3 is 2.73 bits per heavy atom. The van der Waals surface area contributed by atoms with Crippen molar-refractivity contribution in [1.29, 1.82) is 0 Å². The van der Waals surface area contributed by atoms with Crippen molar-refractivity contribution in [1.82, 2.24) is 15.0 Å². The second kappa shape index (κ2) is 8.76. The number of oxazole rings is 1. The van der Waals surface area contributed by atoms with Gasteiger partial charge in [0.1, 0.15) is 16.0 Å². The Kier molecular flexibility index (Phi) is 5.94. The van der Waals surface area contributed by atoms with Gasteiger partial charge in [-0.1, -0.05) is 11.8 Å². The predicted octanol–water partition coefficient (Wildman–Crippen LogP) is 2.61. The summed E-state index contributed by atoms with van der Waals surface area (Å²) in [5.41, 5.74) is 4.04. The molecule has 15 heteroatoms. The molecule has 3 heterocycles. The molecule has 0 radical (unpaired) electrons. The molecule has 0 unspecified atom stereocenters. The molecule has 1 fully saturated rings. The van der Waals surface area contributed by atoms with E-state index in [4.69, 9.17) is 14.9 Å². The minimum atomic E-state index is -3.59. The van der Waals surface area contributed by atoms with Crippen molar-refractivity contribution in [3.63, 3.8) is 0 Å². The van der Waals surface area contributed by atoms with Gasteiger partial charge in [-0.3, -0.25) is 9.79 Å². The molecule has 0 saturated heterocycles. The Balaban J connectivity index is 1.38. The van der Waals surface area contributed by atoms with E-state index < -0.39 is 42.9 Å². The normalized spacial score (nSPS) is 24.6. The van der Waals surface area contributed by atoms with Gasteiger partial charge in [0.2, 0.25) is 11.8 Å². The number of nitrogens with one attached hydrogen (secondary N) is 1. The van der Waals surface area contributed by atoms with Gasteiger partial charge in [0.15, 0.2) is 33.2 Å². The minimum Gasteiger partial charge on any atom is -0.467 e. The highest BCUT2D eigenvalue weighted by Gasteiger charge is 2.72. The second-order valence-corrected chi connectivity index (χ2v) is 12.7. The van der Waals surface area contributed by atoms with Gasteiger partial charge < -0.3 is 20.2 Å². The molecule has 3 aromatic rings. The summed E-state index contributed by atoms with van der Waals surface area (Å²) in [6.45, 7) is 1.51. The van der Waals surface area contributed by atoms with Gasteiger partial charge in [-0.15, -0.1) is 0 Å². The number of nitrogens with zero attached hydrogens (tertiary/aromatic N) is 4. The van der Waals surface area contributed by atoms with Crippen molar-refractivity contribution in [2.75, 3.05) is 11.6 Å². The number of hydrogen-bond acceptors (Lipinski definition) is 11. The van der Waals surface area contributed by atoms with Crippen LogP contribution in [0.4, 0.5) is 14.5 Å². The zero-order chi connectivity index (χ0) is 26.6. The van der Waals surface area contributed by atoms with Crippen LogP contribution in [0, 0.1) is 17.6 Å². The summed E-state index contributed by atoms with van der Waals surface area (Å²) in [5, 5.41) is 2.41. The first-order valence-corrected chi connectivity index (χ1v) is 13.5. The number of fused-ring (bicyclic) bond motifs is 1. The zero-order valence-electron chi connectivity index (χ0n) is 19.4. The molecule has 37 heavy (non-hydrogen) atoms. The summed E-state index contributed by atoms with van der Waals surface area (Å²) < 4.78 is 63.8. The number of carbonyl (C=O) groups excluding carboxylic acids is 1. The van der Waals surface area contributed by atoms with Crippen molar-refractivity contribution < 1.29 is 31.1 Å². The molecule has 1 saturated carbocycles. The van der Waals surface area contributed by atoms with Crippen LogP contribution in [0.3, 0.4) is 0 Å². The molecule has 3 atom stereocenters. The Morgan fingerprint density at radius 2 is 2.08 bits per heavy atom. The van der Waals surface area contributed by atoms with Gasteiger partial charge in [-0.2, -0.15) is 0 Å². The number of amides is 1. The number of carbonyl (C=O) groups is 1. The van der Waals surface area contributed by atoms with E-state index in [1.165, 1.54) is 31.6 Å². The highest BCUT2D eigenvalue weighted by atomic mass is 32.3. The van der Waals surface area contributed by atoms with Crippen LogP contribution in [0.15, 0.2) is 46.4 Å². The van der Waals surface area contributed by atoms with E-state index in [-0.39, 0.29) is 41.0 Å². The van der Waals surface area contributed by atoms with Crippen molar-refractivity contribution in [2.24, 2.45) is 16.6 Å². The second-order valence-electron chi connectivity index (χ2n) is 8.77. The monoisotopic (exact) mass is 550 g/mol. The van der Waals surface area contributed by atoms with Crippen LogP contribution in [-0.4, -0.2) is 44.8 Å². The Bertz CT molecular complexity index is 1520. The summed E-state index contributed by atoms with van der Waals surface area (Å²) in [6, 6.07) is 2.03. The Morgan fingerprint density at radius 1 is 1.30 bits per heavy atom. The van der Waals surface area contributed by atoms with Crippen molar-refractivity contribution >= 4 is 38.4 Å². The molecule has 5 rings (SSSR count). The average molecular weight is 551 g/mol. The minimum absolute atomic E-state index is 0.0107. The first-order chi connectivity index (χ1) is 17.4. The molecule has 1 aliphatic heterocycles. The summed E-state index contributed by atoms with van der Waals surface area (Å²) in [6.07, 6.45) is 6.47. The van der Waals surface area contributed by atoms with Crippen LogP contribution in [0.5, 0.6) is 5.88 Å². The van der Waals surface area contributed by atoms with Crippen LogP contribution in [-0.2, 0) is 22.0 Å². The van der Waals surface area contributed by atoms with Crippen LogP contribution < -0.4 is 15.8 Å². The van der Waals surface area contributed by atoms with E-state index in [1.807, 2.05) is 0 Å². The fourth-order valence-electron chi connectivity index (χ4n) is 4.40. The standard InChI is InChI=1S/C22H20F2N6O5S2/c1-21(15-7-22(15,37(2,32)33)36-20(25)30-21)12-5-11(6-13(23)18(12)24)29-19(31)14-8-28-16(9-27-14)35-10-17-26-3-4-34-17/h3-6,8-9,15H,7,10H2,1-2H3,(H2,25,30)(H,29,31)/t15-,21+,22+/m0/s1. The number of anilines is 1. The fourth-order valence-corrected chi connectivity index (χ4v) is 7.69. The average Bonchev–Trinajstić information content (AvgIpc) is 3.38. The zero-order valence-corrected chi connectivity index (χ0v) is 21.1. The van der Waals surface area contributed by atoms with Crippen LogP contribution in [0.1, 0.15) is 35.3 Å². The number of hydrogen-bond donors (Lipinski definition) is 2. The highest BCUT2D eigenvalue weighted by molar-refractivity contribution is 8.24. The van der Waals surface area contributed by atoms with Gasteiger partial charge in [-0.25, -0.2) is 32.2 Å². The van der Waals surface area contributed by atoms with E-state index >= 15 is 4.39 Å².